The van der Waals surface area contributed by atoms with Gasteiger partial charge >= 0.3 is 0 Å². The summed E-state index contributed by atoms with van der Waals surface area (Å²) in [6.45, 7) is 0. The molecular weight excluding hydrogens is 288 g/mol. The van der Waals surface area contributed by atoms with Crippen molar-refractivity contribution in [2.75, 3.05) is 0 Å². The molecule has 0 amide bonds. The van der Waals surface area contributed by atoms with Crippen LogP contribution in [0, 0.1) is 46.3 Å². The van der Waals surface area contributed by atoms with Gasteiger partial charge in [-0.05, 0) is 97.7 Å². The predicted molar refractivity (Wildman–Crippen MR) is 99.7 cm³/mol. The van der Waals surface area contributed by atoms with Gasteiger partial charge in [0.15, 0.2) is 0 Å². The van der Waals surface area contributed by atoms with Crippen molar-refractivity contribution in [1.29, 1.82) is 0 Å². The van der Waals surface area contributed by atoms with Gasteiger partial charge in [0.05, 0.1) is 0 Å². The maximum Gasteiger partial charge on any atom is -0.0168 e. The summed E-state index contributed by atoms with van der Waals surface area (Å²) >= 11 is 0. The number of hydrogen-bond acceptors (Lipinski definition) is 0. The van der Waals surface area contributed by atoms with Gasteiger partial charge in [-0.15, -0.1) is 0 Å². The normalized spacial score (nSPS) is 56.8. The topological polar surface area (TPSA) is 0 Å². The summed E-state index contributed by atoms with van der Waals surface area (Å²) in [4.78, 5) is 0. The molecule has 134 valence electrons. The van der Waals surface area contributed by atoms with Crippen molar-refractivity contribution in [3.63, 3.8) is 0 Å². The molecule has 0 N–H and O–H groups in total. The Kier molecular flexibility index (Phi) is 3.31. The van der Waals surface area contributed by atoms with Crippen LogP contribution in [-0.4, -0.2) is 0 Å². The Hall–Kier alpha value is 0. The van der Waals surface area contributed by atoms with E-state index in [1.165, 1.54) is 29.6 Å². The highest BCUT2D eigenvalue weighted by atomic mass is 14.8. The minimum Gasteiger partial charge on any atom is -0.0533 e. The highest BCUT2D eigenvalue weighted by Gasteiger charge is 2.80. The first-order valence-corrected chi connectivity index (χ1v) is 11.9. The second kappa shape index (κ2) is 5.26. The zero-order valence-electron chi connectivity index (χ0n) is 15.8. The third kappa shape index (κ3) is 1.59. The van der Waals surface area contributed by atoms with E-state index in [-0.39, 0.29) is 0 Å². The van der Waals surface area contributed by atoms with E-state index in [0.29, 0.717) is 0 Å². The van der Waals surface area contributed by atoms with Gasteiger partial charge in [0.1, 0.15) is 0 Å². The molecule has 6 saturated carbocycles. The summed E-state index contributed by atoms with van der Waals surface area (Å²) in [6.07, 6.45) is 25.7. The first-order chi connectivity index (χ1) is 11.9. The van der Waals surface area contributed by atoms with Crippen LogP contribution in [0.1, 0.15) is 103 Å². The van der Waals surface area contributed by atoms with Crippen molar-refractivity contribution in [2.45, 2.75) is 103 Å². The van der Waals surface area contributed by atoms with Crippen molar-refractivity contribution >= 4 is 0 Å². The Morgan fingerprint density at radius 3 is 2.17 bits per heavy atom. The smallest absolute Gasteiger partial charge is 0.0168 e. The molecule has 0 heteroatoms. The quantitative estimate of drug-likeness (QED) is 0.487. The summed E-state index contributed by atoms with van der Waals surface area (Å²) in [7, 11) is 0. The first-order valence-electron chi connectivity index (χ1n) is 11.9. The fraction of sp³-hybridized carbons (Fsp3) is 1.00. The monoisotopic (exact) mass is 326 g/mol. The summed E-state index contributed by atoms with van der Waals surface area (Å²) < 4.78 is 0. The van der Waals surface area contributed by atoms with Gasteiger partial charge in [-0.3, -0.25) is 0 Å². The van der Waals surface area contributed by atoms with Crippen LogP contribution in [0.2, 0.25) is 0 Å². The van der Waals surface area contributed by atoms with Crippen molar-refractivity contribution < 1.29 is 0 Å². The van der Waals surface area contributed by atoms with Crippen molar-refractivity contribution in [3.8, 4) is 0 Å². The van der Waals surface area contributed by atoms with Crippen molar-refractivity contribution in [2.24, 2.45) is 46.3 Å². The van der Waals surface area contributed by atoms with E-state index in [1.807, 2.05) is 0 Å². The molecule has 1 spiro atoms. The summed E-state index contributed by atoms with van der Waals surface area (Å²) in [5.41, 5.74) is 1.74. The van der Waals surface area contributed by atoms with E-state index in [9.17, 15) is 0 Å². The van der Waals surface area contributed by atoms with Gasteiger partial charge in [-0.25, -0.2) is 0 Å². The van der Waals surface area contributed by atoms with Gasteiger partial charge in [0.25, 0.3) is 0 Å². The number of fused-ring (bicyclic) bond motifs is 4. The predicted octanol–water partition coefficient (Wildman–Crippen LogP) is 6.98. The maximum absolute atomic E-state index is 1.65. The van der Waals surface area contributed by atoms with Gasteiger partial charge in [0, 0.05) is 0 Å². The summed E-state index contributed by atoms with van der Waals surface area (Å²) in [6, 6.07) is 0. The van der Waals surface area contributed by atoms with Crippen LogP contribution >= 0.6 is 0 Å². The number of rotatable bonds is 1. The molecule has 7 unspecified atom stereocenters. The molecule has 6 aliphatic carbocycles. The molecule has 0 nitrogen and oxygen atoms in total. The SMILES string of the molecule is C1CCC(C23C4CCCCC4C4CCCC5(CCCCC52)C43)CC1. The standard InChI is InChI=1S/C24H38/c1-2-9-17(10-3-1)24-20-13-5-4-11-18(20)19-12-8-16-23(22(19)24)15-7-6-14-21(23)24/h17-22H,1-16H2. The molecule has 0 aromatic heterocycles. The van der Waals surface area contributed by atoms with Gasteiger partial charge in [0.2, 0.25) is 0 Å². The molecule has 6 aliphatic rings. The lowest BCUT2D eigenvalue weighted by atomic mass is 9.29. The average molecular weight is 327 g/mol. The summed E-state index contributed by atoms with van der Waals surface area (Å²) in [5.74, 6) is 7.08. The lowest BCUT2D eigenvalue weighted by Crippen LogP contribution is -2.70. The molecule has 0 bridgehead atoms. The van der Waals surface area contributed by atoms with Crippen LogP contribution in [-0.2, 0) is 0 Å². The van der Waals surface area contributed by atoms with E-state index in [2.05, 4.69) is 0 Å². The minimum absolute atomic E-state index is 0.871. The summed E-state index contributed by atoms with van der Waals surface area (Å²) in [5, 5.41) is 0. The van der Waals surface area contributed by atoms with Crippen LogP contribution in [0.5, 0.6) is 0 Å². The fourth-order valence-electron chi connectivity index (χ4n) is 10.8. The lowest BCUT2D eigenvalue weighted by molar-refractivity contribution is -0.279. The molecular formula is C24H38. The molecule has 24 heavy (non-hydrogen) atoms. The molecule has 0 saturated heterocycles. The highest BCUT2D eigenvalue weighted by molar-refractivity contribution is 5.28. The minimum atomic E-state index is 0.871. The second-order valence-corrected chi connectivity index (χ2v) is 11.0. The van der Waals surface area contributed by atoms with Gasteiger partial charge in [-0.1, -0.05) is 51.4 Å². The maximum atomic E-state index is 1.65. The lowest BCUT2D eigenvalue weighted by Gasteiger charge is -2.75. The van der Waals surface area contributed by atoms with Gasteiger partial charge in [-0.2, -0.15) is 0 Å². The van der Waals surface area contributed by atoms with Crippen LogP contribution in [0.3, 0.4) is 0 Å². The zero-order valence-corrected chi connectivity index (χ0v) is 15.8. The average Bonchev–Trinajstić information content (AvgIpc) is 2.93. The van der Waals surface area contributed by atoms with E-state index >= 15 is 0 Å². The molecule has 7 atom stereocenters. The van der Waals surface area contributed by atoms with Crippen LogP contribution in [0.4, 0.5) is 0 Å². The van der Waals surface area contributed by atoms with Crippen LogP contribution < -0.4 is 0 Å². The fourth-order valence-corrected chi connectivity index (χ4v) is 10.8. The zero-order chi connectivity index (χ0) is 15.8. The van der Waals surface area contributed by atoms with E-state index in [4.69, 9.17) is 0 Å². The molecule has 6 rings (SSSR count). The second-order valence-electron chi connectivity index (χ2n) is 11.0. The van der Waals surface area contributed by atoms with E-state index in [1.54, 1.807) is 103 Å². The largest absolute Gasteiger partial charge is 0.0533 e. The molecule has 0 radical (unpaired) electrons. The Bertz CT molecular complexity index is 498. The van der Waals surface area contributed by atoms with Crippen molar-refractivity contribution in [3.05, 3.63) is 0 Å². The van der Waals surface area contributed by atoms with Crippen LogP contribution in [0.15, 0.2) is 0 Å². The highest BCUT2D eigenvalue weighted by Crippen LogP contribution is 2.86. The Balaban J connectivity index is 1.49. The van der Waals surface area contributed by atoms with Crippen LogP contribution in [0.25, 0.3) is 0 Å². The van der Waals surface area contributed by atoms with Crippen molar-refractivity contribution in [1.82, 2.24) is 0 Å². The Morgan fingerprint density at radius 1 is 0.542 bits per heavy atom. The van der Waals surface area contributed by atoms with Gasteiger partial charge < -0.3 is 0 Å². The Morgan fingerprint density at radius 2 is 1.25 bits per heavy atom. The first kappa shape index (κ1) is 15.1. The molecule has 0 heterocycles. The van der Waals surface area contributed by atoms with E-state index < -0.39 is 0 Å². The molecule has 0 aromatic carbocycles. The third-order valence-corrected chi connectivity index (χ3v) is 10.8. The molecule has 0 aliphatic heterocycles. The molecule has 0 aromatic rings. The number of hydrogen-bond donors (Lipinski definition) is 0. The van der Waals surface area contributed by atoms with E-state index in [0.717, 1.165) is 16.7 Å². The Labute approximate surface area is 149 Å². The molecule has 6 fully saturated rings. The third-order valence-electron chi connectivity index (χ3n) is 10.8.